The molecule has 0 radical (unpaired) electrons. The number of ether oxygens (including phenoxy) is 1. The highest BCUT2D eigenvalue weighted by molar-refractivity contribution is 6.39. The molecule has 0 unspecified atom stereocenters. The van der Waals surface area contributed by atoms with E-state index in [0.717, 1.165) is 34.7 Å². The molecule has 0 spiro atoms. The van der Waals surface area contributed by atoms with Crippen LogP contribution in [0.5, 0.6) is 5.75 Å². The summed E-state index contributed by atoms with van der Waals surface area (Å²) in [5.41, 5.74) is 4.75. The van der Waals surface area contributed by atoms with Gasteiger partial charge in [0.2, 0.25) is 0 Å². The van der Waals surface area contributed by atoms with Gasteiger partial charge in [0.05, 0.1) is 22.8 Å². The number of aromatic nitrogens is 2. The minimum absolute atomic E-state index is 0.567. The van der Waals surface area contributed by atoms with Crippen molar-refractivity contribution < 1.29 is 4.74 Å². The summed E-state index contributed by atoms with van der Waals surface area (Å²) in [6, 6.07) is 13.5. The minimum Gasteiger partial charge on any atom is -0.497 e. The molecule has 0 fully saturated rings. The Morgan fingerprint density at radius 3 is 2.48 bits per heavy atom. The molecule has 2 heterocycles. The summed E-state index contributed by atoms with van der Waals surface area (Å²) in [5.74, 6) is 0.836. The fourth-order valence-electron chi connectivity index (χ4n) is 3.24. The molecule has 0 amide bonds. The Morgan fingerprint density at radius 2 is 1.76 bits per heavy atom. The van der Waals surface area contributed by atoms with Gasteiger partial charge in [-0.2, -0.15) is 0 Å². The van der Waals surface area contributed by atoms with Gasteiger partial charge in [0.15, 0.2) is 0 Å². The molecule has 0 atom stereocenters. The van der Waals surface area contributed by atoms with E-state index in [4.69, 9.17) is 27.9 Å². The molecule has 4 rings (SSSR count). The second kappa shape index (κ2) is 8.64. The maximum atomic E-state index is 6.47. The Morgan fingerprint density at radius 1 is 1.00 bits per heavy atom. The zero-order valence-electron chi connectivity index (χ0n) is 15.8. The first-order valence-electron chi connectivity index (χ1n) is 9.18. The van der Waals surface area contributed by atoms with Gasteiger partial charge in [0.1, 0.15) is 5.75 Å². The number of hydrogen-bond acceptors (Lipinski definition) is 4. The maximum absolute atomic E-state index is 6.47. The summed E-state index contributed by atoms with van der Waals surface area (Å²) in [5, 5.41) is 8.94. The highest BCUT2D eigenvalue weighted by atomic mass is 35.5. The first-order valence-corrected chi connectivity index (χ1v) is 9.93. The van der Waals surface area contributed by atoms with Crippen molar-refractivity contribution in [2.45, 2.75) is 6.42 Å². The normalized spacial score (nSPS) is 10.9. The number of nitrogens with one attached hydrogen (secondary N) is 3. The molecular formula is C22H20Cl2N4O. The lowest BCUT2D eigenvalue weighted by Gasteiger charge is -2.13. The molecule has 0 aliphatic carbocycles. The molecule has 0 saturated heterocycles. The van der Waals surface area contributed by atoms with E-state index in [1.165, 1.54) is 10.9 Å². The molecule has 0 bridgehead atoms. The summed E-state index contributed by atoms with van der Waals surface area (Å²) < 4.78 is 5.27. The Balaban J connectivity index is 1.43. The summed E-state index contributed by atoms with van der Waals surface area (Å²) in [6.45, 7) is 0.704. The fraction of sp³-hybridized carbons (Fsp3) is 0.136. The molecule has 2 aromatic carbocycles. The predicted molar refractivity (Wildman–Crippen MR) is 121 cm³/mol. The minimum atomic E-state index is 0.567. The number of nitrogens with zero attached hydrogens (tertiary/aromatic N) is 1. The van der Waals surface area contributed by atoms with Gasteiger partial charge in [-0.05, 0) is 48.4 Å². The lowest BCUT2D eigenvalue weighted by Crippen LogP contribution is -2.06. The number of aromatic amines is 1. The first-order chi connectivity index (χ1) is 14.1. The third kappa shape index (κ3) is 4.42. The largest absolute Gasteiger partial charge is 0.497 e. The molecule has 148 valence electrons. The molecule has 4 aromatic rings. The van der Waals surface area contributed by atoms with E-state index in [2.05, 4.69) is 26.7 Å². The van der Waals surface area contributed by atoms with Crippen LogP contribution in [0.1, 0.15) is 5.56 Å². The highest BCUT2D eigenvalue weighted by Crippen LogP contribution is 2.35. The van der Waals surface area contributed by atoms with Crippen LogP contribution in [0, 0.1) is 0 Å². The van der Waals surface area contributed by atoms with E-state index in [9.17, 15) is 0 Å². The zero-order valence-corrected chi connectivity index (χ0v) is 17.3. The van der Waals surface area contributed by atoms with Crippen molar-refractivity contribution in [3.63, 3.8) is 0 Å². The van der Waals surface area contributed by atoms with Crippen LogP contribution in [0.25, 0.3) is 10.9 Å². The van der Waals surface area contributed by atoms with Crippen LogP contribution in [-0.4, -0.2) is 23.6 Å². The van der Waals surface area contributed by atoms with Gasteiger partial charge in [0, 0.05) is 53.5 Å². The highest BCUT2D eigenvalue weighted by Gasteiger charge is 2.10. The molecule has 0 saturated carbocycles. The number of methoxy groups -OCH3 is 1. The lowest BCUT2D eigenvalue weighted by molar-refractivity contribution is 0.415. The van der Waals surface area contributed by atoms with Crippen LogP contribution < -0.4 is 15.4 Å². The van der Waals surface area contributed by atoms with Crippen molar-refractivity contribution in [3.05, 3.63) is 76.7 Å². The maximum Gasteiger partial charge on any atom is 0.120 e. The summed E-state index contributed by atoms with van der Waals surface area (Å²) in [4.78, 5) is 7.30. The third-order valence-corrected chi connectivity index (χ3v) is 5.28. The topological polar surface area (TPSA) is 62.0 Å². The number of H-pyrrole nitrogens is 1. The average molecular weight is 427 g/mol. The van der Waals surface area contributed by atoms with Crippen LogP contribution in [0.2, 0.25) is 10.0 Å². The quantitative estimate of drug-likeness (QED) is 0.325. The molecule has 0 aliphatic heterocycles. The Bertz CT molecular complexity index is 1110. The van der Waals surface area contributed by atoms with Crippen molar-refractivity contribution >= 4 is 51.2 Å². The van der Waals surface area contributed by atoms with Crippen molar-refractivity contribution in [3.8, 4) is 5.75 Å². The Kier molecular flexibility index (Phi) is 5.79. The number of pyridine rings is 1. The molecular weight excluding hydrogens is 407 g/mol. The SMILES string of the molecule is COc1ccc2c(CCNc3c(Cl)cc(Nc4ccncc4)cc3Cl)c[nH]c2c1. The van der Waals surface area contributed by atoms with Gasteiger partial charge in [-0.1, -0.05) is 23.2 Å². The number of rotatable bonds is 7. The van der Waals surface area contributed by atoms with E-state index >= 15 is 0 Å². The van der Waals surface area contributed by atoms with Crippen LogP contribution in [0.15, 0.2) is 61.1 Å². The molecule has 29 heavy (non-hydrogen) atoms. The van der Waals surface area contributed by atoms with E-state index in [1.807, 2.05) is 42.6 Å². The smallest absolute Gasteiger partial charge is 0.120 e. The van der Waals surface area contributed by atoms with Crippen LogP contribution in [-0.2, 0) is 6.42 Å². The van der Waals surface area contributed by atoms with Gasteiger partial charge in [-0.3, -0.25) is 4.98 Å². The van der Waals surface area contributed by atoms with Gasteiger partial charge in [-0.25, -0.2) is 0 Å². The molecule has 7 heteroatoms. The Hall–Kier alpha value is -2.89. The summed E-state index contributed by atoms with van der Waals surface area (Å²) >= 11 is 12.9. The van der Waals surface area contributed by atoms with E-state index < -0.39 is 0 Å². The molecule has 5 nitrogen and oxygen atoms in total. The van der Waals surface area contributed by atoms with Crippen LogP contribution >= 0.6 is 23.2 Å². The average Bonchev–Trinajstić information content (AvgIpc) is 3.13. The van der Waals surface area contributed by atoms with Gasteiger partial charge in [-0.15, -0.1) is 0 Å². The summed E-state index contributed by atoms with van der Waals surface area (Å²) in [6.07, 6.45) is 6.30. The predicted octanol–water partition coefficient (Wildman–Crippen LogP) is 6.28. The van der Waals surface area contributed by atoms with E-state index in [1.54, 1.807) is 19.5 Å². The van der Waals surface area contributed by atoms with Crippen molar-refractivity contribution in [2.75, 3.05) is 24.3 Å². The monoisotopic (exact) mass is 426 g/mol. The van der Waals surface area contributed by atoms with Crippen LogP contribution in [0.3, 0.4) is 0 Å². The number of anilines is 3. The summed E-state index contributed by atoms with van der Waals surface area (Å²) in [7, 11) is 1.67. The lowest BCUT2D eigenvalue weighted by atomic mass is 10.1. The Labute approximate surface area is 179 Å². The second-order valence-corrected chi connectivity index (χ2v) is 7.39. The van der Waals surface area contributed by atoms with Gasteiger partial charge in [0.25, 0.3) is 0 Å². The van der Waals surface area contributed by atoms with Crippen LogP contribution in [0.4, 0.5) is 17.1 Å². The second-order valence-electron chi connectivity index (χ2n) is 6.58. The van der Waals surface area contributed by atoms with Gasteiger partial charge >= 0.3 is 0 Å². The molecule has 3 N–H and O–H groups in total. The number of hydrogen-bond donors (Lipinski definition) is 3. The van der Waals surface area contributed by atoms with Gasteiger partial charge < -0.3 is 20.4 Å². The fourth-order valence-corrected chi connectivity index (χ4v) is 3.86. The van der Waals surface area contributed by atoms with Crippen molar-refractivity contribution in [1.29, 1.82) is 0 Å². The first kappa shape index (κ1) is 19.4. The standard InChI is InChI=1S/C22H20Cl2N4O/c1-29-17-2-3-18-14(13-27-21(18)12-17)4-9-26-22-19(23)10-16(11-20(22)24)28-15-5-7-25-8-6-15/h2-3,5-8,10-13,26-27H,4,9H2,1H3,(H,25,28). The number of halogens is 2. The molecule has 0 aliphatic rings. The van der Waals surface area contributed by atoms with E-state index in [-0.39, 0.29) is 0 Å². The number of fused-ring (bicyclic) bond motifs is 1. The molecule has 2 aromatic heterocycles. The zero-order chi connectivity index (χ0) is 20.2. The van der Waals surface area contributed by atoms with Crippen molar-refractivity contribution in [2.24, 2.45) is 0 Å². The third-order valence-electron chi connectivity index (χ3n) is 4.68. The van der Waals surface area contributed by atoms with E-state index in [0.29, 0.717) is 16.6 Å². The number of benzene rings is 2. The van der Waals surface area contributed by atoms with Crippen molar-refractivity contribution in [1.82, 2.24) is 9.97 Å².